The molecule has 6 nitrogen and oxygen atoms in total. The maximum Gasteiger partial charge on any atom is 0.289 e. The Morgan fingerprint density at radius 3 is 3.13 bits per heavy atom. The molecular weight excluding hydrogens is 294 g/mol. The van der Waals surface area contributed by atoms with Crippen LogP contribution in [0.5, 0.6) is 0 Å². The number of rotatable bonds is 2. The fourth-order valence-corrected chi connectivity index (χ4v) is 3.82. The van der Waals surface area contributed by atoms with Crippen molar-refractivity contribution in [2.45, 2.75) is 30.8 Å². The van der Waals surface area contributed by atoms with Crippen molar-refractivity contribution in [3.8, 4) is 0 Å². The van der Waals surface area contributed by atoms with E-state index in [0.717, 1.165) is 25.8 Å². The van der Waals surface area contributed by atoms with E-state index in [9.17, 15) is 4.79 Å². The van der Waals surface area contributed by atoms with Crippen molar-refractivity contribution in [1.29, 1.82) is 0 Å². The Hall–Kier alpha value is -2.08. The van der Waals surface area contributed by atoms with Crippen LogP contribution in [0.4, 0.5) is 0 Å². The highest BCUT2D eigenvalue weighted by Gasteiger charge is 2.45. The van der Waals surface area contributed by atoms with Crippen molar-refractivity contribution in [2.75, 3.05) is 19.7 Å². The second-order valence-corrected chi connectivity index (χ2v) is 6.65. The summed E-state index contributed by atoms with van der Waals surface area (Å²) < 4.78 is 13.3. The topological polar surface area (TPSA) is 60.5 Å². The van der Waals surface area contributed by atoms with Gasteiger partial charge in [-0.25, -0.2) is 0 Å². The average Bonchev–Trinajstić information content (AvgIpc) is 3.28. The molecule has 6 heteroatoms. The van der Waals surface area contributed by atoms with Crippen LogP contribution in [0.1, 0.15) is 41.3 Å². The van der Waals surface area contributed by atoms with E-state index in [1.165, 1.54) is 11.8 Å². The molecule has 0 aliphatic carbocycles. The van der Waals surface area contributed by atoms with Crippen molar-refractivity contribution in [3.05, 3.63) is 42.1 Å². The number of aromatic nitrogens is 2. The predicted octanol–water partition coefficient (Wildman–Crippen LogP) is 2.19. The molecule has 0 N–H and O–H groups in total. The quantitative estimate of drug-likeness (QED) is 0.852. The lowest BCUT2D eigenvalue weighted by Gasteiger charge is -2.39. The number of nitrogens with zero attached hydrogens (tertiary/aromatic N) is 3. The monoisotopic (exact) mass is 315 g/mol. The first-order chi connectivity index (χ1) is 11.2. The van der Waals surface area contributed by atoms with Crippen LogP contribution < -0.4 is 0 Å². The Balaban J connectivity index is 1.48. The van der Waals surface area contributed by atoms with E-state index in [2.05, 4.69) is 11.3 Å². The lowest BCUT2D eigenvalue weighted by molar-refractivity contribution is -0.0453. The van der Waals surface area contributed by atoms with Crippen molar-refractivity contribution >= 4 is 5.91 Å². The predicted molar refractivity (Wildman–Crippen MR) is 83.1 cm³/mol. The summed E-state index contributed by atoms with van der Waals surface area (Å²) >= 11 is 0. The first-order valence-electron chi connectivity index (χ1n) is 8.10. The van der Waals surface area contributed by atoms with Gasteiger partial charge in [0.2, 0.25) is 0 Å². The summed E-state index contributed by atoms with van der Waals surface area (Å²) in [7, 11) is 1.93. The van der Waals surface area contributed by atoms with Gasteiger partial charge < -0.3 is 14.1 Å². The van der Waals surface area contributed by atoms with Gasteiger partial charge in [-0.15, -0.1) is 0 Å². The molecule has 0 radical (unpaired) electrons. The van der Waals surface area contributed by atoms with Gasteiger partial charge in [-0.3, -0.25) is 9.48 Å². The number of carbonyl (C=O) groups excluding carboxylic acids is 1. The zero-order chi connectivity index (χ0) is 15.9. The second kappa shape index (κ2) is 5.53. The average molecular weight is 315 g/mol. The first kappa shape index (κ1) is 14.5. The highest BCUT2D eigenvalue weighted by molar-refractivity contribution is 5.91. The van der Waals surface area contributed by atoms with Crippen LogP contribution in [0.15, 0.2) is 35.2 Å². The summed E-state index contributed by atoms with van der Waals surface area (Å²) in [6, 6.07) is 3.47. The van der Waals surface area contributed by atoms with Crippen LogP contribution >= 0.6 is 0 Å². The van der Waals surface area contributed by atoms with Crippen LogP contribution in [0.2, 0.25) is 0 Å². The molecule has 23 heavy (non-hydrogen) atoms. The molecule has 1 spiro atoms. The molecule has 0 bridgehead atoms. The Labute approximate surface area is 135 Å². The third kappa shape index (κ3) is 2.67. The van der Waals surface area contributed by atoms with E-state index >= 15 is 0 Å². The molecule has 2 aliphatic rings. The van der Waals surface area contributed by atoms with Crippen LogP contribution in [-0.4, -0.2) is 45.9 Å². The van der Waals surface area contributed by atoms with E-state index in [1.807, 2.05) is 22.8 Å². The normalized spacial score (nSPS) is 27.7. The van der Waals surface area contributed by atoms with Crippen molar-refractivity contribution in [3.63, 3.8) is 0 Å². The standard InChI is InChI=1S/C17H21N3O3/c1-19-10-14(9-18-19)13-8-17(23-11-13)5-3-6-20(12-17)16(21)15-4-2-7-22-15/h2,4,7,9-10,13H,3,5-6,8,11-12H2,1H3/t13-,17-/m0/s1. The molecule has 2 aliphatic heterocycles. The number of hydrogen-bond donors (Lipinski definition) is 0. The Morgan fingerprint density at radius 1 is 1.48 bits per heavy atom. The number of carbonyl (C=O) groups is 1. The Morgan fingerprint density at radius 2 is 2.39 bits per heavy atom. The summed E-state index contributed by atoms with van der Waals surface area (Å²) in [5, 5.41) is 4.26. The maximum absolute atomic E-state index is 12.5. The molecule has 2 atom stereocenters. The highest BCUT2D eigenvalue weighted by atomic mass is 16.5. The largest absolute Gasteiger partial charge is 0.459 e. The third-order valence-electron chi connectivity index (χ3n) is 4.96. The lowest BCUT2D eigenvalue weighted by Crippen LogP contribution is -2.50. The molecule has 2 fully saturated rings. The van der Waals surface area contributed by atoms with Gasteiger partial charge >= 0.3 is 0 Å². The van der Waals surface area contributed by atoms with Crippen molar-refractivity contribution in [2.24, 2.45) is 7.05 Å². The molecule has 4 rings (SSSR count). The van der Waals surface area contributed by atoms with E-state index < -0.39 is 0 Å². The number of hydrogen-bond acceptors (Lipinski definition) is 4. The second-order valence-electron chi connectivity index (χ2n) is 6.65. The smallest absolute Gasteiger partial charge is 0.289 e. The van der Waals surface area contributed by atoms with Gasteiger partial charge in [-0.2, -0.15) is 5.10 Å². The van der Waals surface area contributed by atoms with Gasteiger partial charge in [-0.1, -0.05) is 0 Å². The van der Waals surface area contributed by atoms with Gasteiger partial charge in [0.25, 0.3) is 5.91 Å². The summed E-state index contributed by atoms with van der Waals surface area (Å²) in [4.78, 5) is 14.4. The molecule has 2 aromatic rings. The summed E-state index contributed by atoms with van der Waals surface area (Å²) in [5.41, 5.74) is 1.000. The van der Waals surface area contributed by atoms with Crippen LogP contribution in [0.3, 0.4) is 0 Å². The van der Waals surface area contributed by atoms with Gasteiger partial charge in [0.15, 0.2) is 5.76 Å². The van der Waals surface area contributed by atoms with E-state index in [-0.39, 0.29) is 11.5 Å². The van der Waals surface area contributed by atoms with Crippen LogP contribution in [0, 0.1) is 0 Å². The molecule has 122 valence electrons. The molecule has 1 amide bonds. The summed E-state index contributed by atoms with van der Waals surface area (Å²) in [6.45, 7) is 2.11. The van der Waals surface area contributed by atoms with E-state index in [1.54, 1.807) is 12.1 Å². The number of aryl methyl sites for hydroxylation is 1. The fourth-order valence-electron chi connectivity index (χ4n) is 3.82. The first-order valence-corrected chi connectivity index (χ1v) is 8.10. The highest BCUT2D eigenvalue weighted by Crippen LogP contribution is 2.41. The van der Waals surface area contributed by atoms with E-state index in [0.29, 0.717) is 24.8 Å². The molecule has 4 heterocycles. The molecule has 0 unspecified atom stereocenters. The van der Waals surface area contributed by atoms with E-state index in [4.69, 9.17) is 9.15 Å². The SMILES string of the molecule is Cn1cc([C@@H]2CO[C@@]3(CCCN(C(=O)c4ccco4)C3)C2)cn1. The molecular formula is C17H21N3O3. The van der Waals surface area contributed by atoms with Gasteiger partial charge in [0, 0.05) is 25.7 Å². The zero-order valence-electron chi connectivity index (χ0n) is 13.3. The van der Waals surface area contributed by atoms with Crippen molar-refractivity contribution in [1.82, 2.24) is 14.7 Å². The minimum Gasteiger partial charge on any atom is -0.459 e. The van der Waals surface area contributed by atoms with Crippen LogP contribution in [-0.2, 0) is 11.8 Å². The van der Waals surface area contributed by atoms with Gasteiger partial charge in [0.1, 0.15) is 0 Å². The number of ether oxygens (including phenoxy) is 1. The minimum atomic E-state index is -0.221. The number of piperidine rings is 1. The van der Waals surface area contributed by atoms with Crippen molar-refractivity contribution < 1.29 is 13.9 Å². The molecule has 2 saturated heterocycles. The number of furan rings is 1. The fraction of sp³-hybridized carbons (Fsp3) is 0.529. The lowest BCUT2D eigenvalue weighted by atomic mass is 9.85. The zero-order valence-corrected chi connectivity index (χ0v) is 13.3. The number of likely N-dealkylation sites (tertiary alicyclic amines) is 1. The molecule has 2 aromatic heterocycles. The number of amides is 1. The minimum absolute atomic E-state index is 0.0393. The summed E-state index contributed by atoms with van der Waals surface area (Å²) in [5.74, 6) is 0.730. The summed E-state index contributed by atoms with van der Waals surface area (Å²) in [6.07, 6.45) is 8.43. The third-order valence-corrected chi connectivity index (χ3v) is 4.96. The van der Waals surface area contributed by atoms with Crippen LogP contribution in [0.25, 0.3) is 0 Å². The molecule has 0 saturated carbocycles. The Bertz CT molecular complexity index is 694. The Kier molecular flexibility index (Phi) is 3.49. The molecule has 0 aromatic carbocycles. The van der Waals surface area contributed by atoms with Gasteiger partial charge in [-0.05, 0) is 37.0 Å². The maximum atomic E-state index is 12.5. The van der Waals surface area contributed by atoms with Gasteiger partial charge in [0.05, 0.1) is 31.2 Å².